The van der Waals surface area contributed by atoms with Gasteiger partial charge in [0.2, 0.25) is 0 Å². The van der Waals surface area contributed by atoms with Gasteiger partial charge in [0.1, 0.15) is 6.61 Å². The maximum absolute atomic E-state index is 10.9. The standard InChI is InChI=1S/C12H13NO6/c1-18-6-7-19-11-4-2-9(3-5-12(14)15)8-10(11)13(16)17/h2-5,8H,6-7H2,1H3,(H,14,15)/b5-3+. The zero-order valence-electron chi connectivity index (χ0n) is 10.2. The first-order chi connectivity index (χ1) is 9.04. The van der Waals surface area contributed by atoms with Crippen molar-refractivity contribution in [2.45, 2.75) is 0 Å². The monoisotopic (exact) mass is 267 g/mol. The van der Waals surface area contributed by atoms with E-state index in [0.717, 1.165) is 6.08 Å². The topological polar surface area (TPSA) is 98.9 Å². The Morgan fingerprint density at radius 3 is 2.79 bits per heavy atom. The second kappa shape index (κ2) is 7.12. The zero-order valence-corrected chi connectivity index (χ0v) is 10.2. The Kier molecular flexibility index (Phi) is 5.49. The van der Waals surface area contributed by atoms with Crippen LogP contribution in [0, 0.1) is 10.1 Å². The first-order valence-electron chi connectivity index (χ1n) is 5.35. The molecular formula is C12H13NO6. The van der Waals surface area contributed by atoms with Gasteiger partial charge >= 0.3 is 11.7 Å². The van der Waals surface area contributed by atoms with Gasteiger partial charge in [-0.2, -0.15) is 0 Å². The minimum atomic E-state index is -1.12. The van der Waals surface area contributed by atoms with Crippen LogP contribution in [0.2, 0.25) is 0 Å². The summed E-state index contributed by atoms with van der Waals surface area (Å²) in [5, 5.41) is 19.4. The number of nitrogens with zero attached hydrogens (tertiary/aromatic N) is 1. The summed E-state index contributed by atoms with van der Waals surface area (Å²) in [6.45, 7) is 0.513. The molecule has 0 amide bonds. The van der Waals surface area contributed by atoms with Gasteiger partial charge in [-0.1, -0.05) is 6.07 Å². The number of carbonyl (C=O) groups is 1. The quantitative estimate of drug-likeness (QED) is 0.349. The third-order valence-corrected chi connectivity index (χ3v) is 2.14. The molecule has 0 heterocycles. The third kappa shape index (κ3) is 4.76. The Morgan fingerprint density at radius 2 is 2.21 bits per heavy atom. The van der Waals surface area contributed by atoms with Gasteiger partial charge < -0.3 is 14.6 Å². The lowest BCUT2D eigenvalue weighted by atomic mass is 10.1. The van der Waals surface area contributed by atoms with Crippen molar-refractivity contribution in [3.05, 3.63) is 40.0 Å². The molecule has 7 heteroatoms. The molecule has 0 bridgehead atoms. The summed E-state index contributed by atoms with van der Waals surface area (Å²) < 4.78 is 9.99. The van der Waals surface area contributed by atoms with Crippen LogP contribution in [0.4, 0.5) is 5.69 Å². The van der Waals surface area contributed by atoms with Crippen LogP contribution in [0.1, 0.15) is 5.56 Å². The van der Waals surface area contributed by atoms with E-state index >= 15 is 0 Å². The Morgan fingerprint density at radius 1 is 1.47 bits per heavy atom. The minimum absolute atomic E-state index is 0.120. The highest BCUT2D eigenvalue weighted by molar-refractivity contribution is 5.85. The van der Waals surface area contributed by atoms with E-state index < -0.39 is 10.9 Å². The van der Waals surface area contributed by atoms with Gasteiger partial charge in [0, 0.05) is 19.3 Å². The fourth-order valence-electron chi connectivity index (χ4n) is 1.31. The number of methoxy groups -OCH3 is 1. The minimum Gasteiger partial charge on any atom is -0.484 e. The molecule has 102 valence electrons. The van der Waals surface area contributed by atoms with Crippen molar-refractivity contribution in [3.8, 4) is 5.75 Å². The number of hydrogen-bond acceptors (Lipinski definition) is 5. The second-order valence-corrected chi connectivity index (χ2v) is 3.50. The van der Waals surface area contributed by atoms with Crippen LogP contribution in [0.5, 0.6) is 5.75 Å². The molecule has 0 radical (unpaired) electrons. The molecule has 0 spiro atoms. The van der Waals surface area contributed by atoms with Crippen LogP contribution in [0.3, 0.4) is 0 Å². The van der Waals surface area contributed by atoms with Crippen molar-refractivity contribution in [2.24, 2.45) is 0 Å². The number of carboxylic acid groups (broad SMARTS) is 1. The number of ether oxygens (including phenoxy) is 2. The summed E-state index contributed by atoms with van der Waals surface area (Å²) in [5.74, 6) is -1.00. The summed E-state index contributed by atoms with van der Waals surface area (Å²) in [6.07, 6.45) is 2.18. The van der Waals surface area contributed by atoms with E-state index in [2.05, 4.69) is 0 Å². The van der Waals surface area contributed by atoms with E-state index in [1.54, 1.807) is 0 Å². The molecule has 0 aliphatic heterocycles. The van der Waals surface area contributed by atoms with Gasteiger partial charge in [-0.15, -0.1) is 0 Å². The highest BCUT2D eigenvalue weighted by atomic mass is 16.6. The van der Waals surface area contributed by atoms with Crippen LogP contribution in [0.15, 0.2) is 24.3 Å². The molecule has 1 aromatic rings. The van der Waals surface area contributed by atoms with E-state index in [1.165, 1.54) is 31.4 Å². The van der Waals surface area contributed by atoms with Crippen molar-refractivity contribution in [1.29, 1.82) is 0 Å². The maximum atomic E-state index is 10.9. The number of aliphatic carboxylic acids is 1. The SMILES string of the molecule is COCCOc1ccc(/C=C/C(=O)O)cc1[N+](=O)[O-]. The van der Waals surface area contributed by atoms with E-state index in [-0.39, 0.29) is 18.0 Å². The number of carboxylic acids is 1. The molecule has 0 atom stereocenters. The number of hydrogen-bond donors (Lipinski definition) is 1. The molecule has 1 rings (SSSR count). The van der Waals surface area contributed by atoms with Gasteiger partial charge in [-0.3, -0.25) is 10.1 Å². The predicted octanol–water partition coefficient (Wildman–Crippen LogP) is 1.72. The molecule has 1 aromatic carbocycles. The molecule has 0 unspecified atom stereocenters. The van der Waals surface area contributed by atoms with Crippen LogP contribution < -0.4 is 4.74 Å². The van der Waals surface area contributed by atoms with Gasteiger partial charge in [0.25, 0.3) is 0 Å². The summed E-state index contributed by atoms with van der Waals surface area (Å²) in [6, 6.07) is 4.21. The highest BCUT2D eigenvalue weighted by Crippen LogP contribution is 2.28. The number of benzene rings is 1. The van der Waals surface area contributed by atoms with E-state index in [4.69, 9.17) is 14.6 Å². The van der Waals surface area contributed by atoms with Crippen molar-refractivity contribution in [2.75, 3.05) is 20.3 Å². The molecule has 0 aromatic heterocycles. The average molecular weight is 267 g/mol. The van der Waals surface area contributed by atoms with Crippen molar-refractivity contribution < 1.29 is 24.3 Å². The molecule has 0 fully saturated rings. The van der Waals surface area contributed by atoms with Crippen LogP contribution in [-0.2, 0) is 9.53 Å². The fraction of sp³-hybridized carbons (Fsp3) is 0.250. The fourth-order valence-corrected chi connectivity index (χ4v) is 1.31. The molecule has 7 nitrogen and oxygen atoms in total. The van der Waals surface area contributed by atoms with Gasteiger partial charge in [0.15, 0.2) is 5.75 Å². The van der Waals surface area contributed by atoms with E-state index in [1.807, 2.05) is 0 Å². The van der Waals surface area contributed by atoms with E-state index in [9.17, 15) is 14.9 Å². The van der Waals surface area contributed by atoms with Crippen LogP contribution >= 0.6 is 0 Å². The predicted molar refractivity (Wildman–Crippen MR) is 67.1 cm³/mol. The Hall–Kier alpha value is -2.41. The molecule has 0 saturated heterocycles. The first kappa shape index (κ1) is 14.7. The summed E-state index contributed by atoms with van der Waals surface area (Å²) in [4.78, 5) is 20.7. The lowest BCUT2D eigenvalue weighted by Gasteiger charge is -2.06. The Bertz CT molecular complexity index is 497. The lowest BCUT2D eigenvalue weighted by molar-refractivity contribution is -0.385. The second-order valence-electron chi connectivity index (χ2n) is 3.50. The lowest BCUT2D eigenvalue weighted by Crippen LogP contribution is -2.06. The Balaban J connectivity index is 2.94. The smallest absolute Gasteiger partial charge is 0.328 e. The molecule has 19 heavy (non-hydrogen) atoms. The molecule has 0 saturated carbocycles. The molecule has 0 aliphatic carbocycles. The van der Waals surface area contributed by atoms with Gasteiger partial charge in [-0.05, 0) is 17.7 Å². The Labute approximate surface area is 109 Å². The summed E-state index contributed by atoms with van der Waals surface area (Å²) in [7, 11) is 1.50. The van der Waals surface area contributed by atoms with Crippen molar-refractivity contribution >= 4 is 17.7 Å². The maximum Gasteiger partial charge on any atom is 0.328 e. The van der Waals surface area contributed by atoms with Crippen LogP contribution in [0.25, 0.3) is 6.08 Å². The van der Waals surface area contributed by atoms with Crippen molar-refractivity contribution in [1.82, 2.24) is 0 Å². The number of nitro benzene ring substituents is 1. The summed E-state index contributed by atoms with van der Waals surface area (Å²) in [5.41, 5.74) is 0.192. The first-order valence-corrected chi connectivity index (χ1v) is 5.35. The van der Waals surface area contributed by atoms with Crippen LogP contribution in [-0.4, -0.2) is 36.3 Å². The molecule has 1 N–H and O–H groups in total. The average Bonchev–Trinajstić information content (AvgIpc) is 2.37. The van der Waals surface area contributed by atoms with Gasteiger partial charge in [-0.25, -0.2) is 4.79 Å². The third-order valence-electron chi connectivity index (χ3n) is 2.14. The normalized spacial score (nSPS) is 10.6. The number of nitro groups is 1. The van der Waals surface area contributed by atoms with Crippen molar-refractivity contribution in [3.63, 3.8) is 0 Å². The number of rotatable bonds is 7. The van der Waals surface area contributed by atoms with Gasteiger partial charge in [0.05, 0.1) is 11.5 Å². The zero-order chi connectivity index (χ0) is 14.3. The van der Waals surface area contributed by atoms with E-state index in [0.29, 0.717) is 12.2 Å². The summed E-state index contributed by atoms with van der Waals surface area (Å²) >= 11 is 0. The molecule has 0 aliphatic rings. The highest BCUT2D eigenvalue weighted by Gasteiger charge is 2.15. The molecular weight excluding hydrogens is 254 g/mol. The largest absolute Gasteiger partial charge is 0.484 e.